The van der Waals surface area contributed by atoms with Gasteiger partial charge in [0.15, 0.2) is 0 Å². The number of fused-ring (bicyclic) bond motifs is 4. The van der Waals surface area contributed by atoms with Crippen LogP contribution in [0, 0.1) is 0 Å². The fourth-order valence-corrected chi connectivity index (χ4v) is 4.43. The van der Waals surface area contributed by atoms with Crippen LogP contribution in [0.4, 0.5) is 0 Å². The number of aliphatic imine (C=N–C) groups is 1. The highest BCUT2D eigenvalue weighted by Gasteiger charge is 2.39. The van der Waals surface area contributed by atoms with Gasteiger partial charge in [0.05, 0.1) is 0 Å². The van der Waals surface area contributed by atoms with Crippen molar-refractivity contribution in [2.45, 2.75) is 37.8 Å². The van der Waals surface area contributed by atoms with Gasteiger partial charge in [0, 0.05) is 6.42 Å². The number of primary amides is 1. The molecule has 2 heterocycles. The van der Waals surface area contributed by atoms with Gasteiger partial charge in [0.25, 0.3) is 5.91 Å². The Labute approximate surface area is 175 Å². The van der Waals surface area contributed by atoms with E-state index in [0.29, 0.717) is 11.6 Å². The predicted molar refractivity (Wildman–Crippen MR) is 116 cm³/mol. The molecule has 0 radical (unpaired) electrons. The summed E-state index contributed by atoms with van der Waals surface area (Å²) in [5, 5.41) is 0. The first-order valence-corrected chi connectivity index (χ1v) is 10.4. The molecule has 5 heteroatoms. The summed E-state index contributed by atoms with van der Waals surface area (Å²) >= 11 is 0. The van der Waals surface area contributed by atoms with E-state index in [4.69, 9.17) is 10.5 Å². The molecular weight excluding hydrogens is 374 g/mol. The SMILES string of the molecule is NC(=O)c1cccc(C2=N[C@H]3c4ccccc4C[C@H]3O2)n1.c1ccc2c(c1)CCC2. The number of aromatic nitrogens is 1. The summed E-state index contributed by atoms with van der Waals surface area (Å²) < 4.78 is 5.92. The molecule has 6 rings (SSSR count). The average Bonchev–Trinajstić information content (AvgIpc) is 3.48. The van der Waals surface area contributed by atoms with Crippen molar-refractivity contribution in [3.05, 3.63) is 100 Å². The van der Waals surface area contributed by atoms with Crippen LogP contribution in [-0.4, -0.2) is 22.9 Å². The Morgan fingerprint density at radius 3 is 2.33 bits per heavy atom. The van der Waals surface area contributed by atoms with Crippen LogP contribution in [0.3, 0.4) is 0 Å². The van der Waals surface area contributed by atoms with Crippen molar-refractivity contribution in [3.63, 3.8) is 0 Å². The molecule has 0 unspecified atom stereocenters. The Kier molecular flexibility index (Phi) is 4.79. The maximum Gasteiger partial charge on any atom is 0.267 e. The average molecular weight is 397 g/mol. The van der Waals surface area contributed by atoms with Gasteiger partial charge in [-0.15, -0.1) is 0 Å². The second-order valence-electron chi connectivity index (χ2n) is 7.83. The standard InChI is InChI=1S/C16H13N3O2.C9H10/c17-15(20)11-6-3-7-12(18-11)16-19-14-10-5-2-1-4-9(10)8-13(14)21-16;1-2-5-9-7-3-6-8(9)4-1/h1-7,13-14H,8H2,(H2,17,20);1-2,4-5H,3,6-7H2/t13-,14+;/m1./s1. The highest BCUT2D eigenvalue weighted by Crippen LogP contribution is 2.40. The molecule has 2 N–H and O–H groups in total. The minimum absolute atomic E-state index is 0.0234. The van der Waals surface area contributed by atoms with E-state index in [9.17, 15) is 4.79 Å². The monoisotopic (exact) mass is 397 g/mol. The Morgan fingerprint density at radius 2 is 1.60 bits per heavy atom. The van der Waals surface area contributed by atoms with Crippen molar-refractivity contribution in [2.24, 2.45) is 10.7 Å². The van der Waals surface area contributed by atoms with Crippen molar-refractivity contribution in [1.82, 2.24) is 4.98 Å². The van der Waals surface area contributed by atoms with Crippen LogP contribution in [0.1, 0.15) is 50.9 Å². The van der Waals surface area contributed by atoms with Crippen molar-refractivity contribution < 1.29 is 9.53 Å². The first-order chi connectivity index (χ1) is 14.7. The molecule has 30 heavy (non-hydrogen) atoms. The van der Waals surface area contributed by atoms with E-state index >= 15 is 0 Å². The van der Waals surface area contributed by atoms with Gasteiger partial charge in [-0.25, -0.2) is 9.98 Å². The van der Waals surface area contributed by atoms with Crippen molar-refractivity contribution in [2.75, 3.05) is 0 Å². The summed E-state index contributed by atoms with van der Waals surface area (Å²) in [6, 6.07) is 22.1. The Bertz CT molecular complexity index is 1120. The topological polar surface area (TPSA) is 77.6 Å². The summed E-state index contributed by atoms with van der Waals surface area (Å²) in [6.45, 7) is 0. The molecule has 150 valence electrons. The predicted octanol–water partition coefficient (Wildman–Crippen LogP) is 3.80. The molecule has 2 aliphatic carbocycles. The van der Waals surface area contributed by atoms with Crippen molar-refractivity contribution >= 4 is 11.8 Å². The summed E-state index contributed by atoms with van der Waals surface area (Å²) in [4.78, 5) is 20.1. The van der Waals surface area contributed by atoms with Crippen LogP contribution in [0.25, 0.3) is 0 Å². The molecule has 2 atom stereocenters. The zero-order chi connectivity index (χ0) is 20.5. The molecule has 0 spiro atoms. The summed E-state index contributed by atoms with van der Waals surface area (Å²) in [7, 11) is 0. The first kappa shape index (κ1) is 18.6. The summed E-state index contributed by atoms with van der Waals surface area (Å²) in [5.74, 6) is -0.0661. The fraction of sp³-hybridized carbons (Fsp3) is 0.240. The van der Waals surface area contributed by atoms with Gasteiger partial charge in [0.2, 0.25) is 5.90 Å². The molecule has 0 fully saturated rings. The number of amides is 1. The van der Waals surface area contributed by atoms with Gasteiger partial charge in [-0.1, -0.05) is 54.6 Å². The van der Waals surface area contributed by atoms with Gasteiger partial charge >= 0.3 is 0 Å². The number of rotatable bonds is 2. The summed E-state index contributed by atoms with van der Waals surface area (Å²) in [6.07, 6.45) is 4.84. The molecule has 5 nitrogen and oxygen atoms in total. The van der Waals surface area contributed by atoms with E-state index < -0.39 is 5.91 Å². The largest absolute Gasteiger partial charge is 0.470 e. The molecule has 1 amide bonds. The molecule has 3 aromatic rings. The van der Waals surface area contributed by atoms with E-state index in [1.165, 1.54) is 30.4 Å². The number of carbonyl (C=O) groups excluding carboxylic acids is 1. The van der Waals surface area contributed by atoms with E-state index in [1.807, 2.05) is 12.1 Å². The third kappa shape index (κ3) is 3.47. The lowest BCUT2D eigenvalue weighted by molar-refractivity contribution is 0.0995. The van der Waals surface area contributed by atoms with Crippen LogP contribution in [-0.2, 0) is 24.0 Å². The number of aryl methyl sites for hydroxylation is 2. The lowest BCUT2D eigenvalue weighted by Crippen LogP contribution is -2.17. The van der Waals surface area contributed by atoms with Gasteiger partial charge in [0.1, 0.15) is 23.5 Å². The molecule has 1 aromatic heterocycles. The highest BCUT2D eigenvalue weighted by atomic mass is 16.5. The van der Waals surface area contributed by atoms with Crippen LogP contribution >= 0.6 is 0 Å². The van der Waals surface area contributed by atoms with Gasteiger partial charge in [-0.05, 0) is 53.6 Å². The van der Waals surface area contributed by atoms with Gasteiger partial charge < -0.3 is 10.5 Å². The number of nitrogens with zero attached hydrogens (tertiary/aromatic N) is 2. The van der Waals surface area contributed by atoms with E-state index in [2.05, 4.69) is 46.4 Å². The Hall–Kier alpha value is -3.47. The van der Waals surface area contributed by atoms with Crippen LogP contribution in [0.5, 0.6) is 0 Å². The minimum Gasteiger partial charge on any atom is -0.470 e. The van der Waals surface area contributed by atoms with Crippen LogP contribution in [0.15, 0.2) is 71.7 Å². The smallest absolute Gasteiger partial charge is 0.267 e. The third-order valence-corrected chi connectivity index (χ3v) is 5.90. The molecule has 0 saturated heterocycles. The van der Waals surface area contributed by atoms with Crippen LogP contribution in [0.2, 0.25) is 0 Å². The van der Waals surface area contributed by atoms with Gasteiger partial charge in [-0.3, -0.25) is 4.79 Å². The molecular formula is C25H23N3O2. The number of ether oxygens (including phenoxy) is 1. The zero-order valence-corrected chi connectivity index (χ0v) is 16.6. The first-order valence-electron chi connectivity index (χ1n) is 10.4. The number of hydrogen-bond acceptors (Lipinski definition) is 4. The number of benzene rings is 2. The fourth-order valence-electron chi connectivity index (χ4n) is 4.43. The molecule has 2 aromatic carbocycles. The second kappa shape index (κ2) is 7.75. The van der Waals surface area contributed by atoms with E-state index in [-0.39, 0.29) is 17.8 Å². The summed E-state index contributed by atoms with van der Waals surface area (Å²) in [5.41, 5.74) is 11.7. The number of hydrogen-bond donors (Lipinski definition) is 1. The second-order valence-corrected chi connectivity index (χ2v) is 7.83. The van der Waals surface area contributed by atoms with Gasteiger partial charge in [-0.2, -0.15) is 0 Å². The lowest BCUT2D eigenvalue weighted by atomic mass is 10.1. The quantitative estimate of drug-likeness (QED) is 0.714. The molecule has 1 aliphatic heterocycles. The number of carbonyl (C=O) groups is 1. The number of pyridine rings is 1. The molecule has 3 aliphatic rings. The minimum atomic E-state index is -0.555. The molecule has 0 saturated carbocycles. The molecule has 0 bridgehead atoms. The van der Waals surface area contributed by atoms with E-state index in [0.717, 1.165) is 6.42 Å². The lowest BCUT2D eigenvalue weighted by Gasteiger charge is -2.08. The third-order valence-electron chi connectivity index (χ3n) is 5.90. The maximum absolute atomic E-state index is 11.2. The maximum atomic E-state index is 11.2. The van der Waals surface area contributed by atoms with Crippen LogP contribution < -0.4 is 5.73 Å². The van der Waals surface area contributed by atoms with E-state index in [1.54, 1.807) is 29.3 Å². The normalized spacial score (nSPS) is 20.2. The zero-order valence-electron chi connectivity index (χ0n) is 16.6. The highest BCUT2D eigenvalue weighted by molar-refractivity contribution is 5.96. The Morgan fingerprint density at radius 1 is 0.900 bits per heavy atom. The number of nitrogens with two attached hydrogens (primary N) is 1. The van der Waals surface area contributed by atoms with Crippen molar-refractivity contribution in [3.8, 4) is 0 Å². The van der Waals surface area contributed by atoms with Crippen molar-refractivity contribution in [1.29, 1.82) is 0 Å². The Balaban J connectivity index is 0.000000178.